The summed E-state index contributed by atoms with van der Waals surface area (Å²) in [5, 5.41) is 3.60. The van der Waals surface area contributed by atoms with Gasteiger partial charge < -0.3 is 5.32 Å². The highest BCUT2D eigenvalue weighted by atomic mass is 14.9. The first-order valence-corrected chi connectivity index (χ1v) is 7.10. The second-order valence-electron chi connectivity index (χ2n) is 5.14. The molecule has 0 amide bonds. The van der Waals surface area contributed by atoms with Crippen LogP contribution in [0.15, 0.2) is 54.6 Å². The van der Waals surface area contributed by atoms with E-state index in [1.807, 2.05) is 0 Å². The highest BCUT2D eigenvalue weighted by Gasteiger charge is 2.09. The zero-order valence-electron chi connectivity index (χ0n) is 11.9. The van der Waals surface area contributed by atoms with Crippen molar-refractivity contribution in [2.24, 2.45) is 0 Å². The molecule has 0 radical (unpaired) electrons. The molecular formula is C18H23N. The van der Waals surface area contributed by atoms with Crippen molar-refractivity contribution in [2.75, 3.05) is 6.54 Å². The van der Waals surface area contributed by atoms with Crippen molar-refractivity contribution in [3.63, 3.8) is 0 Å². The van der Waals surface area contributed by atoms with Crippen molar-refractivity contribution in [2.45, 2.75) is 32.7 Å². The molecule has 1 N–H and O–H groups in total. The van der Waals surface area contributed by atoms with Crippen LogP contribution in [0.25, 0.3) is 0 Å². The van der Waals surface area contributed by atoms with Gasteiger partial charge in [-0.15, -0.1) is 0 Å². The van der Waals surface area contributed by atoms with Crippen LogP contribution in [0.2, 0.25) is 0 Å². The second kappa shape index (κ2) is 7.10. The topological polar surface area (TPSA) is 12.0 Å². The molecular weight excluding hydrogens is 230 g/mol. The molecule has 0 aliphatic rings. The molecule has 1 atom stereocenters. The number of rotatable bonds is 6. The minimum absolute atomic E-state index is 0.509. The summed E-state index contributed by atoms with van der Waals surface area (Å²) in [7, 11) is 0. The Morgan fingerprint density at radius 1 is 0.895 bits per heavy atom. The zero-order valence-corrected chi connectivity index (χ0v) is 11.9. The van der Waals surface area contributed by atoms with Gasteiger partial charge in [-0.2, -0.15) is 0 Å². The normalized spacial score (nSPS) is 12.3. The Bertz CT molecular complexity index is 490. The number of benzene rings is 2. The van der Waals surface area contributed by atoms with Gasteiger partial charge in [0, 0.05) is 6.04 Å². The number of nitrogens with one attached hydrogen (secondary N) is 1. The minimum Gasteiger partial charge on any atom is -0.314 e. The molecule has 0 heterocycles. The van der Waals surface area contributed by atoms with Crippen LogP contribution in [0, 0.1) is 6.92 Å². The number of likely N-dealkylation sites (N-methyl/N-ethyl adjacent to an activating group) is 1. The fraction of sp³-hybridized carbons (Fsp3) is 0.333. The SMILES string of the molecule is CCNC(Cc1ccccc1)Cc1cccc(C)c1. The van der Waals surface area contributed by atoms with Crippen molar-refractivity contribution in [3.05, 3.63) is 71.3 Å². The van der Waals surface area contributed by atoms with Crippen molar-refractivity contribution in [3.8, 4) is 0 Å². The summed E-state index contributed by atoms with van der Waals surface area (Å²) in [4.78, 5) is 0. The Hall–Kier alpha value is -1.60. The molecule has 0 spiro atoms. The van der Waals surface area contributed by atoms with E-state index in [0.717, 1.165) is 19.4 Å². The first-order chi connectivity index (χ1) is 9.28. The van der Waals surface area contributed by atoms with Crippen LogP contribution in [0.3, 0.4) is 0 Å². The third-order valence-corrected chi connectivity index (χ3v) is 3.38. The van der Waals surface area contributed by atoms with E-state index in [1.165, 1.54) is 16.7 Å². The van der Waals surface area contributed by atoms with E-state index in [9.17, 15) is 0 Å². The van der Waals surface area contributed by atoms with Gasteiger partial charge in [-0.05, 0) is 37.4 Å². The van der Waals surface area contributed by atoms with E-state index < -0.39 is 0 Å². The van der Waals surface area contributed by atoms with Gasteiger partial charge in [-0.1, -0.05) is 67.1 Å². The van der Waals surface area contributed by atoms with Crippen LogP contribution in [0.5, 0.6) is 0 Å². The van der Waals surface area contributed by atoms with E-state index in [1.54, 1.807) is 0 Å². The molecule has 0 bridgehead atoms. The summed E-state index contributed by atoms with van der Waals surface area (Å²) in [6.45, 7) is 5.35. The quantitative estimate of drug-likeness (QED) is 0.826. The van der Waals surface area contributed by atoms with Gasteiger partial charge in [0.2, 0.25) is 0 Å². The van der Waals surface area contributed by atoms with Crippen LogP contribution in [-0.2, 0) is 12.8 Å². The molecule has 0 saturated carbocycles. The van der Waals surface area contributed by atoms with Gasteiger partial charge >= 0.3 is 0 Å². The zero-order chi connectivity index (χ0) is 13.5. The predicted molar refractivity (Wildman–Crippen MR) is 82.5 cm³/mol. The fourth-order valence-electron chi connectivity index (χ4n) is 2.53. The van der Waals surface area contributed by atoms with Crippen LogP contribution < -0.4 is 5.32 Å². The summed E-state index contributed by atoms with van der Waals surface area (Å²) in [5.41, 5.74) is 4.16. The smallest absolute Gasteiger partial charge is 0.0148 e. The number of aryl methyl sites for hydroxylation is 1. The summed E-state index contributed by atoms with van der Waals surface area (Å²) in [5.74, 6) is 0. The first-order valence-electron chi connectivity index (χ1n) is 7.10. The monoisotopic (exact) mass is 253 g/mol. The second-order valence-corrected chi connectivity index (χ2v) is 5.14. The van der Waals surface area contributed by atoms with Crippen LogP contribution in [-0.4, -0.2) is 12.6 Å². The maximum absolute atomic E-state index is 3.60. The summed E-state index contributed by atoms with van der Waals surface area (Å²) < 4.78 is 0. The van der Waals surface area contributed by atoms with Crippen LogP contribution >= 0.6 is 0 Å². The molecule has 19 heavy (non-hydrogen) atoms. The standard InChI is InChI=1S/C18H23N/c1-3-19-18(13-16-9-5-4-6-10-16)14-17-11-7-8-15(2)12-17/h4-12,18-19H,3,13-14H2,1-2H3. The van der Waals surface area contributed by atoms with Gasteiger partial charge in [-0.25, -0.2) is 0 Å². The average Bonchev–Trinajstić information content (AvgIpc) is 2.40. The third kappa shape index (κ3) is 4.53. The van der Waals surface area contributed by atoms with E-state index in [4.69, 9.17) is 0 Å². The lowest BCUT2D eigenvalue weighted by molar-refractivity contribution is 0.521. The van der Waals surface area contributed by atoms with E-state index in [2.05, 4.69) is 73.8 Å². The van der Waals surface area contributed by atoms with Crippen molar-refractivity contribution >= 4 is 0 Å². The van der Waals surface area contributed by atoms with E-state index >= 15 is 0 Å². The first kappa shape index (κ1) is 13.8. The number of hydrogen-bond donors (Lipinski definition) is 1. The summed E-state index contributed by atoms with van der Waals surface area (Å²) in [6, 6.07) is 20.1. The summed E-state index contributed by atoms with van der Waals surface area (Å²) >= 11 is 0. The fourth-order valence-corrected chi connectivity index (χ4v) is 2.53. The molecule has 100 valence electrons. The average molecular weight is 253 g/mol. The predicted octanol–water partition coefficient (Wildman–Crippen LogP) is 3.76. The Kier molecular flexibility index (Phi) is 5.17. The van der Waals surface area contributed by atoms with Crippen molar-refractivity contribution in [1.29, 1.82) is 0 Å². The Labute approximate surface area is 116 Å². The molecule has 2 rings (SSSR count). The van der Waals surface area contributed by atoms with Gasteiger partial charge in [0.05, 0.1) is 0 Å². The highest BCUT2D eigenvalue weighted by Crippen LogP contribution is 2.11. The molecule has 0 fully saturated rings. The Morgan fingerprint density at radius 3 is 2.26 bits per heavy atom. The lowest BCUT2D eigenvalue weighted by Gasteiger charge is -2.18. The molecule has 1 heteroatoms. The summed E-state index contributed by atoms with van der Waals surface area (Å²) in [6.07, 6.45) is 2.17. The van der Waals surface area contributed by atoms with Gasteiger partial charge in [0.25, 0.3) is 0 Å². The van der Waals surface area contributed by atoms with Gasteiger partial charge in [0.1, 0.15) is 0 Å². The van der Waals surface area contributed by atoms with Gasteiger partial charge in [-0.3, -0.25) is 0 Å². The molecule has 0 aliphatic heterocycles. The lowest BCUT2D eigenvalue weighted by atomic mass is 9.98. The number of hydrogen-bond acceptors (Lipinski definition) is 1. The Balaban J connectivity index is 2.04. The maximum atomic E-state index is 3.60. The maximum Gasteiger partial charge on any atom is 0.0148 e. The van der Waals surface area contributed by atoms with Gasteiger partial charge in [0.15, 0.2) is 0 Å². The van der Waals surface area contributed by atoms with Crippen molar-refractivity contribution < 1.29 is 0 Å². The molecule has 1 unspecified atom stereocenters. The van der Waals surface area contributed by atoms with Crippen LogP contribution in [0.4, 0.5) is 0 Å². The largest absolute Gasteiger partial charge is 0.314 e. The molecule has 0 aromatic heterocycles. The van der Waals surface area contributed by atoms with E-state index in [-0.39, 0.29) is 0 Å². The Morgan fingerprint density at radius 2 is 1.58 bits per heavy atom. The minimum atomic E-state index is 0.509. The van der Waals surface area contributed by atoms with Crippen LogP contribution in [0.1, 0.15) is 23.6 Å². The molecule has 0 saturated heterocycles. The lowest BCUT2D eigenvalue weighted by Crippen LogP contribution is -2.33. The third-order valence-electron chi connectivity index (χ3n) is 3.38. The van der Waals surface area contributed by atoms with E-state index in [0.29, 0.717) is 6.04 Å². The molecule has 1 nitrogen and oxygen atoms in total. The molecule has 0 aliphatic carbocycles. The van der Waals surface area contributed by atoms with Crippen molar-refractivity contribution in [1.82, 2.24) is 5.32 Å². The highest BCUT2D eigenvalue weighted by molar-refractivity contribution is 5.24. The molecule has 2 aromatic rings. The molecule has 2 aromatic carbocycles.